The number of rotatable bonds is 8. The Bertz CT molecular complexity index is 1270. The van der Waals surface area contributed by atoms with Crippen LogP contribution in [0.4, 0.5) is 5.82 Å². The van der Waals surface area contributed by atoms with Crippen molar-refractivity contribution in [2.24, 2.45) is 7.05 Å². The van der Waals surface area contributed by atoms with Crippen molar-refractivity contribution in [3.63, 3.8) is 0 Å². The van der Waals surface area contributed by atoms with E-state index in [9.17, 15) is 9.59 Å². The minimum absolute atomic E-state index is 0.139. The van der Waals surface area contributed by atoms with E-state index in [-0.39, 0.29) is 17.9 Å². The van der Waals surface area contributed by atoms with Crippen molar-refractivity contribution < 1.29 is 14.3 Å². The number of nitrogens with zero attached hydrogens (tertiary/aromatic N) is 2. The molecule has 0 saturated carbocycles. The zero-order chi connectivity index (χ0) is 24.2. The number of thioether (sulfide) groups is 1. The van der Waals surface area contributed by atoms with Gasteiger partial charge in [0.25, 0.3) is 5.56 Å². The molecule has 8 heteroatoms. The fourth-order valence-electron chi connectivity index (χ4n) is 4.15. The number of hydrogen-bond donors (Lipinski definition) is 1. The summed E-state index contributed by atoms with van der Waals surface area (Å²) in [4.78, 5) is 30.3. The second-order valence-electron chi connectivity index (χ2n) is 8.11. The van der Waals surface area contributed by atoms with Crippen LogP contribution in [0.3, 0.4) is 0 Å². The van der Waals surface area contributed by atoms with E-state index < -0.39 is 5.92 Å². The number of carbonyl (C=O) groups is 1. The Hall–Kier alpha value is -3.26. The van der Waals surface area contributed by atoms with Crippen LogP contribution in [0.1, 0.15) is 48.4 Å². The highest BCUT2D eigenvalue weighted by Gasteiger charge is 2.32. The van der Waals surface area contributed by atoms with Crippen molar-refractivity contribution in [1.82, 2.24) is 9.55 Å². The second kappa shape index (κ2) is 10.3. The summed E-state index contributed by atoms with van der Waals surface area (Å²) in [7, 11) is 1.83. The molecule has 3 aromatic rings. The van der Waals surface area contributed by atoms with Crippen LogP contribution in [-0.2, 0) is 17.6 Å². The van der Waals surface area contributed by atoms with Crippen molar-refractivity contribution in [2.45, 2.75) is 44.0 Å². The molecule has 4 rings (SSSR count). The molecule has 2 aromatic carbocycles. The minimum atomic E-state index is -0.416. The van der Waals surface area contributed by atoms with Crippen LogP contribution < -0.4 is 20.3 Å². The Morgan fingerprint density at radius 3 is 2.56 bits per heavy atom. The average molecular weight is 480 g/mol. The van der Waals surface area contributed by atoms with Crippen molar-refractivity contribution >= 4 is 23.5 Å². The molecule has 0 spiro atoms. The lowest BCUT2D eigenvalue weighted by molar-refractivity contribution is -0.116. The molecule has 1 aliphatic rings. The number of nitrogens with one attached hydrogen (secondary N) is 1. The normalized spacial score (nSPS) is 14.9. The van der Waals surface area contributed by atoms with E-state index in [0.29, 0.717) is 47.0 Å². The fraction of sp³-hybridized carbons (Fsp3) is 0.346. The van der Waals surface area contributed by atoms with Crippen molar-refractivity contribution in [1.29, 1.82) is 0 Å². The maximum atomic E-state index is 13.2. The van der Waals surface area contributed by atoms with Crippen LogP contribution in [0.15, 0.2) is 52.4 Å². The van der Waals surface area contributed by atoms with E-state index in [0.717, 1.165) is 5.56 Å². The SMILES string of the molecule is CCOc1ccc([C@H]2CC(=O)Nc3c2c(=O)nc(SCc2ccccc2C)n3C)cc1OCC. The van der Waals surface area contributed by atoms with Gasteiger partial charge < -0.3 is 19.4 Å². The van der Waals surface area contributed by atoms with E-state index in [1.165, 1.54) is 22.9 Å². The second-order valence-corrected chi connectivity index (χ2v) is 9.06. The molecule has 1 amide bonds. The Balaban J connectivity index is 1.72. The molecular weight excluding hydrogens is 450 g/mol. The van der Waals surface area contributed by atoms with Gasteiger partial charge in [-0.05, 0) is 49.6 Å². The topological polar surface area (TPSA) is 82.5 Å². The molecule has 34 heavy (non-hydrogen) atoms. The first-order valence-electron chi connectivity index (χ1n) is 11.4. The minimum Gasteiger partial charge on any atom is -0.490 e. The first-order chi connectivity index (χ1) is 16.4. The molecule has 0 bridgehead atoms. The summed E-state index contributed by atoms with van der Waals surface area (Å²) >= 11 is 1.48. The summed E-state index contributed by atoms with van der Waals surface area (Å²) in [5.41, 5.74) is 3.36. The molecule has 178 valence electrons. The van der Waals surface area contributed by atoms with Crippen LogP contribution in [0.5, 0.6) is 11.5 Å². The standard InChI is InChI=1S/C26H29N3O4S/c1-5-32-20-12-11-17(13-21(20)33-6-2)19-14-22(30)27-24-23(19)25(31)28-26(29(24)4)34-15-18-10-8-7-9-16(18)3/h7-13,19H,5-6,14-15H2,1-4H3,(H,27,30)/t19-/m1/s1. The molecular formula is C26H29N3O4S. The van der Waals surface area contributed by atoms with Gasteiger partial charge in [-0.25, -0.2) is 0 Å². The van der Waals surface area contributed by atoms with Gasteiger partial charge in [0.05, 0.1) is 18.8 Å². The first-order valence-corrected chi connectivity index (χ1v) is 12.4. The molecule has 0 radical (unpaired) electrons. The lowest BCUT2D eigenvalue weighted by atomic mass is 9.86. The number of amides is 1. The van der Waals surface area contributed by atoms with Gasteiger partial charge in [0.2, 0.25) is 5.91 Å². The fourth-order valence-corrected chi connectivity index (χ4v) is 5.19. The van der Waals surface area contributed by atoms with Crippen LogP contribution in [0, 0.1) is 6.92 Å². The molecule has 2 heterocycles. The molecule has 1 atom stereocenters. The summed E-state index contributed by atoms with van der Waals surface area (Å²) in [6.07, 6.45) is 0.166. The monoisotopic (exact) mass is 479 g/mol. The smallest absolute Gasteiger partial charge is 0.279 e. The molecule has 0 saturated heterocycles. The van der Waals surface area contributed by atoms with Gasteiger partial charge in [-0.1, -0.05) is 42.1 Å². The van der Waals surface area contributed by atoms with Gasteiger partial charge in [0.1, 0.15) is 5.82 Å². The number of aromatic nitrogens is 2. The molecule has 0 aliphatic carbocycles. The van der Waals surface area contributed by atoms with Gasteiger partial charge in [-0.3, -0.25) is 9.59 Å². The van der Waals surface area contributed by atoms with Gasteiger partial charge in [-0.2, -0.15) is 4.98 Å². The number of hydrogen-bond acceptors (Lipinski definition) is 6. The van der Waals surface area contributed by atoms with E-state index in [2.05, 4.69) is 29.4 Å². The van der Waals surface area contributed by atoms with E-state index in [4.69, 9.17) is 9.47 Å². The lowest BCUT2D eigenvalue weighted by Gasteiger charge is -2.28. The number of fused-ring (bicyclic) bond motifs is 1. The Morgan fingerprint density at radius 2 is 1.82 bits per heavy atom. The van der Waals surface area contributed by atoms with Gasteiger partial charge in [0, 0.05) is 25.1 Å². The van der Waals surface area contributed by atoms with Gasteiger partial charge in [-0.15, -0.1) is 0 Å². The third kappa shape index (κ3) is 4.82. The Labute approximate surface area is 203 Å². The summed E-state index contributed by atoms with van der Waals surface area (Å²) in [6, 6.07) is 13.7. The average Bonchev–Trinajstić information content (AvgIpc) is 2.82. The number of ether oxygens (including phenoxy) is 2. The number of aryl methyl sites for hydroxylation is 1. The zero-order valence-corrected chi connectivity index (χ0v) is 20.7. The van der Waals surface area contributed by atoms with Crippen molar-refractivity contribution in [2.75, 3.05) is 18.5 Å². The Kier molecular flexibility index (Phi) is 7.26. The van der Waals surface area contributed by atoms with Crippen molar-refractivity contribution in [3.8, 4) is 11.5 Å². The summed E-state index contributed by atoms with van der Waals surface area (Å²) in [6.45, 7) is 6.88. The summed E-state index contributed by atoms with van der Waals surface area (Å²) in [5, 5.41) is 3.47. The van der Waals surface area contributed by atoms with Gasteiger partial charge >= 0.3 is 0 Å². The van der Waals surface area contributed by atoms with Crippen LogP contribution >= 0.6 is 11.8 Å². The van der Waals surface area contributed by atoms with E-state index in [1.807, 2.05) is 55.8 Å². The highest BCUT2D eigenvalue weighted by atomic mass is 32.2. The number of benzene rings is 2. The third-order valence-electron chi connectivity index (χ3n) is 5.89. The zero-order valence-electron chi connectivity index (χ0n) is 19.9. The highest BCUT2D eigenvalue weighted by molar-refractivity contribution is 7.98. The first kappa shape index (κ1) is 23.9. The highest BCUT2D eigenvalue weighted by Crippen LogP contribution is 2.39. The largest absolute Gasteiger partial charge is 0.490 e. The van der Waals surface area contributed by atoms with Crippen LogP contribution in [0.2, 0.25) is 0 Å². The molecule has 0 unspecified atom stereocenters. The van der Waals surface area contributed by atoms with Crippen LogP contribution in [0.25, 0.3) is 0 Å². The third-order valence-corrected chi connectivity index (χ3v) is 6.97. The lowest BCUT2D eigenvalue weighted by Crippen LogP contribution is -2.33. The van der Waals surface area contributed by atoms with Crippen LogP contribution in [-0.4, -0.2) is 28.7 Å². The maximum Gasteiger partial charge on any atom is 0.279 e. The Morgan fingerprint density at radius 1 is 1.09 bits per heavy atom. The molecule has 1 aliphatic heterocycles. The summed E-state index contributed by atoms with van der Waals surface area (Å²) in [5.74, 6) is 1.87. The summed E-state index contributed by atoms with van der Waals surface area (Å²) < 4.78 is 13.2. The predicted octanol–water partition coefficient (Wildman–Crippen LogP) is 4.65. The van der Waals surface area contributed by atoms with E-state index in [1.54, 1.807) is 0 Å². The number of anilines is 1. The molecule has 1 aromatic heterocycles. The molecule has 7 nitrogen and oxygen atoms in total. The molecule has 0 fully saturated rings. The maximum absolute atomic E-state index is 13.2. The quantitative estimate of drug-likeness (QED) is 0.374. The number of carbonyl (C=O) groups excluding carboxylic acids is 1. The predicted molar refractivity (Wildman–Crippen MR) is 134 cm³/mol. The van der Waals surface area contributed by atoms with Crippen molar-refractivity contribution in [3.05, 3.63) is 75.1 Å². The van der Waals surface area contributed by atoms with Gasteiger partial charge in [0.15, 0.2) is 16.7 Å². The molecule has 1 N–H and O–H groups in total. The van der Waals surface area contributed by atoms with E-state index >= 15 is 0 Å².